The van der Waals surface area contributed by atoms with Gasteiger partial charge in [0, 0.05) is 23.4 Å². The summed E-state index contributed by atoms with van der Waals surface area (Å²) in [7, 11) is 0. The highest BCUT2D eigenvalue weighted by atomic mass is 79.9. The van der Waals surface area contributed by atoms with Gasteiger partial charge in [0.25, 0.3) is 0 Å². The molecule has 1 aromatic heterocycles. The van der Waals surface area contributed by atoms with Crippen LogP contribution in [0.5, 0.6) is 0 Å². The number of rotatable bonds is 6. The molecule has 102 valence electrons. The molecule has 2 rings (SSSR count). The van der Waals surface area contributed by atoms with Gasteiger partial charge in [0.15, 0.2) is 0 Å². The monoisotopic (exact) mass is 337 g/mol. The highest BCUT2D eigenvalue weighted by molar-refractivity contribution is 9.11. The number of nitrogens with one attached hydrogen (secondary N) is 1. The van der Waals surface area contributed by atoms with E-state index in [1.807, 2.05) is 11.3 Å². The molecule has 3 heteroatoms. The van der Waals surface area contributed by atoms with E-state index < -0.39 is 0 Å². The molecule has 0 fully saturated rings. The molecule has 1 N–H and O–H groups in total. The summed E-state index contributed by atoms with van der Waals surface area (Å²) in [4.78, 5) is 1.44. The van der Waals surface area contributed by atoms with Crippen LogP contribution in [-0.2, 0) is 6.42 Å². The third-order valence-corrected chi connectivity index (χ3v) is 4.77. The van der Waals surface area contributed by atoms with Crippen LogP contribution in [0.4, 0.5) is 0 Å². The van der Waals surface area contributed by atoms with Crippen molar-refractivity contribution in [1.82, 2.24) is 5.32 Å². The van der Waals surface area contributed by atoms with Gasteiger partial charge < -0.3 is 5.32 Å². The molecule has 0 aliphatic carbocycles. The SMILES string of the molecule is CC(C)NCC(Cc1ccc(Br)s1)c1ccccc1. The standard InChI is InChI=1S/C16H20BrNS/c1-12(2)18-11-14(13-6-4-3-5-7-13)10-15-8-9-16(17)19-15/h3-9,12,14,18H,10-11H2,1-2H3. The summed E-state index contributed by atoms with van der Waals surface area (Å²) in [6, 6.07) is 15.7. The number of hydrogen-bond acceptors (Lipinski definition) is 2. The van der Waals surface area contributed by atoms with E-state index in [0.29, 0.717) is 12.0 Å². The molecule has 0 spiro atoms. The maximum Gasteiger partial charge on any atom is 0.0701 e. The van der Waals surface area contributed by atoms with Crippen molar-refractivity contribution in [2.24, 2.45) is 0 Å². The fourth-order valence-electron chi connectivity index (χ4n) is 2.12. The van der Waals surface area contributed by atoms with Gasteiger partial charge in [-0.3, -0.25) is 0 Å². The minimum Gasteiger partial charge on any atom is -0.314 e. The van der Waals surface area contributed by atoms with Crippen molar-refractivity contribution in [2.75, 3.05) is 6.54 Å². The Morgan fingerprint density at radius 3 is 2.42 bits per heavy atom. The Morgan fingerprint density at radius 2 is 1.84 bits per heavy atom. The summed E-state index contributed by atoms with van der Waals surface area (Å²) < 4.78 is 1.21. The lowest BCUT2D eigenvalue weighted by Gasteiger charge is -2.19. The van der Waals surface area contributed by atoms with Gasteiger partial charge in [-0.25, -0.2) is 0 Å². The topological polar surface area (TPSA) is 12.0 Å². The van der Waals surface area contributed by atoms with Crippen molar-refractivity contribution < 1.29 is 0 Å². The summed E-state index contributed by atoms with van der Waals surface area (Å²) in [6.07, 6.45) is 1.10. The van der Waals surface area contributed by atoms with Crippen LogP contribution in [0.2, 0.25) is 0 Å². The highest BCUT2D eigenvalue weighted by Crippen LogP contribution is 2.27. The lowest BCUT2D eigenvalue weighted by Crippen LogP contribution is -2.28. The maximum absolute atomic E-state index is 3.56. The molecule has 2 aromatic rings. The normalized spacial score (nSPS) is 12.8. The number of halogens is 1. The van der Waals surface area contributed by atoms with Crippen LogP contribution < -0.4 is 5.32 Å². The van der Waals surface area contributed by atoms with Crippen molar-refractivity contribution in [1.29, 1.82) is 0 Å². The average molecular weight is 338 g/mol. The van der Waals surface area contributed by atoms with E-state index in [9.17, 15) is 0 Å². The van der Waals surface area contributed by atoms with E-state index in [1.54, 1.807) is 0 Å². The second-order valence-electron chi connectivity index (χ2n) is 5.08. The summed E-state index contributed by atoms with van der Waals surface area (Å²) in [5.74, 6) is 0.536. The Labute approximate surface area is 128 Å². The van der Waals surface area contributed by atoms with Gasteiger partial charge in [-0.15, -0.1) is 11.3 Å². The molecule has 1 unspecified atom stereocenters. The smallest absolute Gasteiger partial charge is 0.0701 e. The molecular weight excluding hydrogens is 318 g/mol. The average Bonchev–Trinajstić information content (AvgIpc) is 2.81. The Morgan fingerprint density at radius 1 is 1.11 bits per heavy atom. The Kier molecular flexibility index (Phi) is 5.61. The third kappa shape index (κ3) is 4.75. The molecule has 0 aliphatic heterocycles. The molecule has 1 heterocycles. The van der Waals surface area contributed by atoms with E-state index in [1.165, 1.54) is 14.2 Å². The summed E-state index contributed by atoms with van der Waals surface area (Å²) in [6.45, 7) is 5.42. The Bertz CT molecular complexity index is 492. The van der Waals surface area contributed by atoms with Crippen LogP contribution in [0.1, 0.15) is 30.2 Å². The van der Waals surface area contributed by atoms with Gasteiger partial charge >= 0.3 is 0 Å². The quantitative estimate of drug-likeness (QED) is 0.795. The van der Waals surface area contributed by atoms with Crippen LogP contribution in [0.3, 0.4) is 0 Å². The second kappa shape index (κ2) is 7.22. The Balaban J connectivity index is 2.10. The zero-order valence-electron chi connectivity index (χ0n) is 11.4. The van der Waals surface area contributed by atoms with Crippen molar-refractivity contribution in [3.8, 4) is 0 Å². The van der Waals surface area contributed by atoms with E-state index in [4.69, 9.17) is 0 Å². The predicted molar refractivity (Wildman–Crippen MR) is 88.0 cm³/mol. The Hall–Kier alpha value is -0.640. The first-order valence-electron chi connectivity index (χ1n) is 6.67. The first-order valence-corrected chi connectivity index (χ1v) is 8.28. The van der Waals surface area contributed by atoms with E-state index in [2.05, 4.69) is 77.6 Å². The summed E-state index contributed by atoms with van der Waals surface area (Å²) in [5.41, 5.74) is 1.42. The highest BCUT2D eigenvalue weighted by Gasteiger charge is 2.13. The van der Waals surface area contributed by atoms with Gasteiger partial charge in [-0.05, 0) is 40.0 Å². The minimum atomic E-state index is 0.529. The van der Waals surface area contributed by atoms with Crippen molar-refractivity contribution >= 4 is 27.3 Å². The number of thiophene rings is 1. The van der Waals surface area contributed by atoms with Crippen LogP contribution in [-0.4, -0.2) is 12.6 Å². The van der Waals surface area contributed by atoms with Gasteiger partial charge in [-0.1, -0.05) is 44.2 Å². The van der Waals surface area contributed by atoms with E-state index in [0.717, 1.165) is 13.0 Å². The zero-order valence-corrected chi connectivity index (χ0v) is 13.8. The fourth-order valence-corrected chi connectivity index (χ4v) is 3.68. The minimum absolute atomic E-state index is 0.529. The van der Waals surface area contributed by atoms with Crippen LogP contribution in [0.25, 0.3) is 0 Å². The predicted octanol–water partition coefficient (Wildman–Crippen LogP) is 4.83. The molecule has 0 saturated carbocycles. The third-order valence-electron chi connectivity index (χ3n) is 3.12. The number of benzene rings is 1. The fraction of sp³-hybridized carbons (Fsp3) is 0.375. The number of hydrogen-bond donors (Lipinski definition) is 1. The lowest BCUT2D eigenvalue weighted by atomic mass is 9.94. The van der Waals surface area contributed by atoms with Gasteiger partial charge in [0.2, 0.25) is 0 Å². The molecular formula is C16H20BrNS. The van der Waals surface area contributed by atoms with Gasteiger partial charge in [0.1, 0.15) is 0 Å². The van der Waals surface area contributed by atoms with Crippen molar-refractivity contribution in [3.05, 3.63) is 56.7 Å². The zero-order chi connectivity index (χ0) is 13.7. The molecule has 0 radical (unpaired) electrons. The first kappa shape index (κ1) is 14.8. The molecule has 19 heavy (non-hydrogen) atoms. The molecule has 0 aliphatic rings. The van der Waals surface area contributed by atoms with E-state index >= 15 is 0 Å². The van der Waals surface area contributed by atoms with Crippen molar-refractivity contribution in [3.63, 3.8) is 0 Å². The van der Waals surface area contributed by atoms with Gasteiger partial charge in [-0.2, -0.15) is 0 Å². The maximum atomic E-state index is 3.56. The van der Waals surface area contributed by atoms with Gasteiger partial charge in [0.05, 0.1) is 3.79 Å². The molecule has 0 bridgehead atoms. The molecule has 1 nitrogen and oxygen atoms in total. The second-order valence-corrected chi connectivity index (χ2v) is 7.63. The summed E-state index contributed by atoms with van der Waals surface area (Å²) >= 11 is 5.38. The largest absolute Gasteiger partial charge is 0.314 e. The molecule has 0 saturated heterocycles. The molecule has 1 atom stereocenters. The van der Waals surface area contributed by atoms with Crippen LogP contribution in [0, 0.1) is 0 Å². The molecule has 0 amide bonds. The van der Waals surface area contributed by atoms with Crippen LogP contribution in [0.15, 0.2) is 46.3 Å². The van der Waals surface area contributed by atoms with Crippen LogP contribution >= 0.6 is 27.3 Å². The van der Waals surface area contributed by atoms with Crippen molar-refractivity contribution in [2.45, 2.75) is 32.2 Å². The first-order chi connectivity index (χ1) is 9.15. The summed E-state index contributed by atoms with van der Waals surface area (Å²) in [5, 5.41) is 3.56. The lowest BCUT2D eigenvalue weighted by molar-refractivity contribution is 0.528. The molecule has 1 aromatic carbocycles. The van der Waals surface area contributed by atoms with E-state index in [-0.39, 0.29) is 0 Å².